The molecule has 1 saturated heterocycles. The van der Waals surface area contributed by atoms with E-state index >= 15 is 0 Å². The minimum atomic E-state index is 0.148. The monoisotopic (exact) mass is 289 g/mol. The number of ether oxygens (including phenoxy) is 1. The van der Waals surface area contributed by atoms with E-state index in [-0.39, 0.29) is 12.1 Å². The Morgan fingerprint density at radius 3 is 3.05 bits per heavy atom. The minimum absolute atomic E-state index is 0.148. The largest absolute Gasteiger partial charge is 0.375 e. The van der Waals surface area contributed by atoms with Gasteiger partial charge in [-0.25, -0.2) is 0 Å². The van der Waals surface area contributed by atoms with Gasteiger partial charge in [0.05, 0.1) is 18.8 Å². The molecule has 1 aliphatic heterocycles. The first-order valence-electron chi connectivity index (χ1n) is 8.34. The highest BCUT2D eigenvalue weighted by Gasteiger charge is 2.39. The number of fused-ring (bicyclic) bond motifs is 1. The molecule has 0 bridgehead atoms. The SMILES string of the molecule is CCC(N)C(c1cccnc1)N1CCOC2CCCCC21. The van der Waals surface area contributed by atoms with Gasteiger partial charge in [0.2, 0.25) is 0 Å². The van der Waals surface area contributed by atoms with E-state index in [0.717, 1.165) is 19.6 Å². The van der Waals surface area contributed by atoms with Crippen molar-refractivity contribution in [2.45, 2.75) is 63.3 Å². The predicted octanol–water partition coefficient (Wildman–Crippen LogP) is 2.50. The van der Waals surface area contributed by atoms with Gasteiger partial charge in [-0.3, -0.25) is 9.88 Å². The summed E-state index contributed by atoms with van der Waals surface area (Å²) in [4.78, 5) is 6.92. The molecule has 1 aliphatic carbocycles. The Morgan fingerprint density at radius 1 is 1.43 bits per heavy atom. The van der Waals surface area contributed by atoms with Gasteiger partial charge in [0.1, 0.15) is 0 Å². The lowest BCUT2D eigenvalue weighted by Gasteiger charge is -2.48. The molecule has 4 heteroatoms. The number of nitrogens with two attached hydrogens (primary N) is 1. The summed E-state index contributed by atoms with van der Waals surface area (Å²) in [5.74, 6) is 0. The first-order chi connectivity index (χ1) is 10.3. The summed E-state index contributed by atoms with van der Waals surface area (Å²) in [5.41, 5.74) is 7.74. The molecule has 4 unspecified atom stereocenters. The molecule has 1 aromatic heterocycles. The lowest BCUT2D eigenvalue weighted by Crippen LogP contribution is -2.56. The van der Waals surface area contributed by atoms with Crippen molar-refractivity contribution in [3.63, 3.8) is 0 Å². The number of rotatable bonds is 4. The Morgan fingerprint density at radius 2 is 2.29 bits per heavy atom. The van der Waals surface area contributed by atoms with Gasteiger partial charge in [0.25, 0.3) is 0 Å². The molecule has 4 nitrogen and oxygen atoms in total. The summed E-state index contributed by atoms with van der Waals surface area (Å²) in [5, 5.41) is 0. The van der Waals surface area contributed by atoms with Gasteiger partial charge >= 0.3 is 0 Å². The maximum absolute atomic E-state index is 6.49. The van der Waals surface area contributed by atoms with Crippen LogP contribution in [0.1, 0.15) is 50.6 Å². The highest BCUT2D eigenvalue weighted by atomic mass is 16.5. The molecule has 0 amide bonds. The van der Waals surface area contributed by atoms with Gasteiger partial charge in [-0.2, -0.15) is 0 Å². The summed E-state index contributed by atoms with van der Waals surface area (Å²) in [6, 6.07) is 5.12. The Bertz CT molecular complexity index is 437. The summed E-state index contributed by atoms with van der Waals surface area (Å²) >= 11 is 0. The maximum atomic E-state index is 6.49. The quantitative estimate of drug-likeness (QED) is 0.925. The van der Waals surface area contributed by atoms with E-state index in [1.54, 1.807) is 0 Å². The second-order valence-electron chi connectivity index (χ2n) is 6.30. The Balaban J connectivity index is 1.88. The van der Waals surface area contributed by atoms with Crippen LogP contribution in [0.15, 0.2) is 24.5 Å². The number of pyridine rings is 1. The number of aromatic nitrogens is 1. The van der Waals surface area contributed by atoms with Crippen molar-refractivity contribution in [1.29, 1.82) is 0 Å². The molecular formula is C17H27N3O. The van der Waals surface area contributed by atoms with E-state index in [9.17, 15) is 0 Å². The zero-order valence-electron chi connectivity index (χ0n) is 12.9. The van der Waals surface area contributed by atoms with Crippen molar-refractivity contribution >= 4 is 0 Å². The van der Waals surface area contributed by atoms with Crippen molar-refractivity contribution in [3.05, 3.63) is 30.1 Å². The highest BCUT2D eigenvalue weighted by Crippen LogP contribution is 2.35. The summed E-state index contributed by atoms with van der Waals surface area (Å²) < 4.78 is 6.01. The van der Waals surface area contributed by atoms with Crippen LogP contribution in [0.2, 0.25) is 0 Å². The zero-order valence-corrected chi connectivity index (χ0v) is 12.9. The van der Waals surface area contributed by atoms with Crippen LogP contribution in [-0.2, 0) is 4.74 Å². The molecule has 2 fully saturated rings. The van der Waals surface area contributed by atoms with Crippen LogP contribution in [-0.4, -0.2) is 41.2 Å². The number of morpholine rings is 1. The van der Waals surface area contributed by atoms with Crippen molar-refractivity contribution < 1.29 is 4.74 Å². The summed E-state index contributed by atoms with van der Waals surface area (Å²) in [6.07, 6.45) is 10.2. The molecule has 3 rings (SSSR count). The smallest absolute Gasteiger partial charge is 0.0731 e. The average molecular weight is 289 g/mol. The lowest BCUT2D eigenvalue weighted by molar-refractivity contribution is -0.106. The third kappa shape index (κ3) is 3.12. The van der Waals surface area contributed by atoms with Gasteiger partial charge in [-0.05, 0) is 30.9 Å². The van der Waals surface area contributed by atoms with E-state index in [0.29, 0.717) is 12.1 Å². The second kappa shape index (κ2) is 6.86. The fourth-order valence-electron chi connectivity index (χ4n) is 3.93. The average Bonchev–Trinajstić information content (AvgIpc) is 2.56. The zero-order chi connectivity index (χ0) is 14.7. The van der Waals surface area contributed by atoms with E-state index < -0.39 is 0 Å². The molecular weight excluding hydrogens is 262 g/mol. The number of hydrogen-bond donors (Lipinski definition) is 1. The van der Waals surface area contributed by atoms with Crippen LogP contribution < -0.4 is 5.73 Å². The standard InChI is InChI=1S/C17H27N3O/c1-2-14(18)17(13-6-5-9-19-12-13)20-10-11-21-16-8-4-3-7-15(16)20/h5-6,9,12,14-17H,2-4,7-8,10-11,18H2,1H3. The van der Waals surface area contributed by atoms with E-state index in [1.165, 1.54) is 31.2 Å². The highest BCUT2D eigenvalue weighted by molar-refractivity contribution is 5.17. The first kappa shape index (κ1) is 14.9. The number of nitrogens with zero attached hydrogens (tertiary/aromatic N) is 2. The van der Waals surface area contributed by atoms with Crippen LogP contribution in [0.3, 0.4) is 0 Å². The molecule has 4 atom stereocenters. The molecule has 0 aromatic carbocycles. The molecule has 2 N–H and O–H groups in total. The molecule has 1 saturated carbocycles. The third-order valence-corrected chi connectivity index (χ3v) is 5.04. The second-order valence-corrected chi connectivity index (χ2v) is 6.30. The van der Waals surface area contributed by atoms with Gasteiger partial charge in [-0.1, -0.05) is 25.8 Å². The van der Waals surface area contributed by atoms with Crippen LogP contribution in [0.5, 0.6) is 0 Å². The van der Waals surface area contributed by atoms with Gasteiger partial charge in [0.15, 0.2) is 0 Å². The summed E-state index contributed by atoms with van der Waals surface area (Å²) in [6.45, 7) is 3.98. The Hall–Kier alpha value is -0.970. The molecule has 0 radical (unpaired) electrons. The topological polar surface area (TPSA) is 51.4 Å². The van der Waals surface area contributed by atoms with Crippen molar-refractivity contribution in [2.75, 3.05) is 13.2 Å². The van der Waals surface area contributed by atoms with Crippen LogP contribution in [0.4, 0.5) is 0 Å². The van der Waals surface area contributed by atoms with Crippen LogP contribution in [0.25, 0.3) is 0 Å². The number of hydrogen-bond acceptors (Lipinski definition) is 4. The molecule has 2 heterocycles. The van der Waals surface area contributed by atoms with Crippen LogP contribution in [0, 0.1) is 0 Å². The van der Waals surface area contributed by atoms with E-state index in [4.69, 9.17) is 10.5 Å². The van der Waals surface area contributed by atoms with Gasteiger partial charge in [0, 0.05) is 31.0 Å². The van der Waals surface area contributed by atoms with E-state index in [2.05, 4.69) is 22.9 Å². The Labute approximate surface area is 127 Å². The summed E-state index contributed by atoms with van der Waals surface area (Å²) in [7, 11) is 0. The first-order valence-corrected chi connectivity index (χ1v) is 8.34. The Kier molecular flexibility index (Phi) is 4.88. The van der Waals surface area contributed by atoms with E-state index in [1.807, 2.05) is 18.5 Å². The van der Waals surface area contributed by atoms with Crippen molar-refractivity contribution in [1.82, 2.24) is 9.88 Å². The normalized spacial score (nSPS) is 29.6. The van der Waals surface area contributed by atoms with Crippen molar-refractivity contribution in [2.24, 2.45) is 5.73 Å². The molecule has 0 spiro atoms. The molecule has 116 valence electrons. The van der Waals surface area contributed by atoms with Crippen molar-refractivity contribution in [3.8, 4) is 0 Å². The molecule has 1 aromatic rings. The lowest BCUT2D eigenvalue weighted by atomic mass is 9.86. The fraction of sp³-hybridized carbons (Fsp3) is 0.706. The fourth-order valence-corrected chi connectivity index (χ4v) is 3.93. The third-order valence-electron chi connectivity index (χ3n) is 5.04. The molecule has 2 aliphatic rings. The van der Waals surface area contributed by atoms with Gasteiger partial charge in [-0.15, -0.1) is 0 Å². The van der Waals surface area contributed by atoms with Crippen LogP contribution >= 0.6 is 0 Å². The minimum Gasteiger partial charge on any atom is -0.375 e. The predicted molar refractivity (Wildman–Crippen MR) is 83.9 cm³/mol. The van der Waals surface area contributed by atoms with Gasteiger partial charge < -0.3 is 10.5 Å². The maximum Gasteiger partial charge on any atom is 0.0731 e. The molecule has 21 heavy (non-hydrogen) atoms.